The number of rotatable bonds is 4. The highest BCUT2D eigenvalue weighted by Crippen LogP contribution is 2.39. The van der Waals surface area contributed by atoms with E-state index in [1.807, 2.05) is 24.4 Å². The maximum absolute atomic E-state index is 12.3. The molecule has 0 radical (unpaired) electrons. The van der Waals surface area contributed by atoms with Gasteiger partial charge in [0, 0.05) is 35.3 Å². The lowest BCUT2D eigenvalue weighted by Crippen LogP contribution is -2.33. The van der Waals surface area contributed by atoms with Crippen LogP contribution in [-0.4, -0.2) is 20.8 Å². The fraction of sp³-hybridized carbons (Fsp3) is 0.409. The molecule has 27 heavy (non-hydrogen) atoms. The summed E-state index contributed by atoms with van der Waals surface area (Å²) in [5.41, 5.74) is 3.30. The third-order valence-corrected chi connectivity index (χ3v) is 5.89. The lowest BCUT2D eigenvalue weighted by Gasteiger charge is -2.30. The van der Waals surface area contributed by atoms with Crippen LogP contribution in [0.1, 0.15) is 56.2 Å². The Balaban J connectivity index is 1.29. The van der Waals surface area contributed by atoms with Crippen molar-refractivity contribution in [1.82, 2.24) is 14.8 Å². The number of para-hydroxylation sites is 1. The Kier molecular flexibility index (Phi) is 4.15. The second-order valence-corrected chi connectivity index (χ2v) is 7.84. The van der Waals surface area contributed by atoms with E-state index in [1.54, 1.807) is 10.7 Å². The molecule has 0 amide bonds. The molecule has 0 unspecified atom stereocenters. The van der Waals surface area contributed by atoms with E-state index in [0.717, 1.165) is 48.0 Å². The van der Waals surface area contributed by atoms with Gasteiger partial charge < -0.3 is 5.32 Å². The summed E-state index contributed by atoms with van der Waals surface area (Å²) in [7, 11) is 0. The zero-order valence-electron chi connectivity index (χ0n) is 15.3. The van der Waals surface area contributed by atoms with Gasteiger partial charge >= 0.3 is 0 Å². The fourth-order valence-corrected chi connectivity index (χ4v) is 4.20. The van der Waals surface area contributed by atoms with E-state index in [-0.39, 0.29) is 11.6 Å². The normalized spacial score (nSPS) is 22.7. The molecule has 138 valence electrons. The van der Waals surface area contributed by atoms with Gasteiger partial charge in [0.2, 0.25) is 0 Å². The topological polar surface area (TPSA) is 59.8 Å². The van der Waals surface area contributed by atoms with Gasteiger partial charge in [0.1, 0.15) is 0 Å². The predicted molar refractivity (Wildman–Crippen MR) is 107 cm³/mol. The summed E-state index contributed by atoms with van der Waals surface area (Å²) in [5.74, 6) is 0.579. The van der Waals surface area contributed by atoms with Crippen LogP contribution in [0.4, 0.5) is 5.69 Å². The number of hydrogen-bond donors (Lipinski definition) is 1. The maximum atomic E-state index is 12.3. The van der Waals surface area contributed by atoms with Crippen molar-refractivity contribution in [1.29, 1.82) is 0 Å². The second kappa shape index (κ2) is 6.80. The van der Waals surface area contributed by atoms with E-state index in [4.69, 9.17) is 0 Å². The first kappa shape index (κ1) is 16.5. The Morgan fingerprint density at radius 1 is 0.926 bits per heavy atom. The molecular formula is C22H24N4O. The van der Waals surface area contributed by atoms with Crippen LogP contribution in [0.25, 0.3) is 10.9 Å². The minimum atomic E-state index is 0.0379. The van der Waals surface area contributed by atoms with Crippen LogP contribution in [0, 0.1) is 0 Å². The molecule has 2 aliphatic rings. The number of benzene rings is 1. The molecule has 0 saturated heterocycles. The lowest BCUT2D eigenvalue weighted by atomic mass is 9.91. The Morgan fingerprint density at radius 3 is 2.56 bits per heavy atom. The van der Waals surface area contributed by atoms with E-state index in [1.165, 1.54) is 12.8 Å². The average molecular weight is 360 g/mol. The van der Waals surface area contributed by atoms with Crippen LogP contribution in [-0.2, 0) is 0 Å². The fourth-order valence-electron chi connectivity index (χ4n) is 4.20. The van der Waals surface area contributed by atoms with Gasteiger partial charge in [0.25, 0.3) is 5.56 Å². The largest absolute Gasteiger partial charge is 0.382 e. The molecule has 2 heterocycles. The summed E-state index contributed by atoms with van der Waals surface area (Å²) in [5, 5.41) is 9.55. The predicted octanol–water partition coefficient (Wildman–Crippen LogP) is 4.26. The first-order valence-electron chi connectivity index (χ1n) is 9.98. The second-order valence-electron chi connectivity index (χ2n) is 7.84. The van der Waals surface area contributed by atoms with Gasteiger partial charge in [-0.25, -0.2) is 4.68 Å². The Bertz CT molecular complexity index is 1010. The number of nitrogens with zero attached hydrogens (tertiary/aromatic N) is 3. The number of hydrogen-bond acceptors (Lipinski definition) is 4. The van der Waals surface area contributed by atoms with Crippen LogP contribution in [0.15, 0.2) is 53.5 Å². The van der Waals surface area contributed by atoms with Crippen molar-refractivity contribution in [3.63, 3.8) is 0 Å². The first-order chi connectivity index (χ1) is 13.3. The Morgan fingerprint density at radius 2 is 1.74 bits per heavy atom. The van der Waals surface area contributed by atoms with Crippen molar-refractivity contribution in [2.75, 3.05) is 5.32 Å². The van der Waals surface area contributed by atoms with Crippen LogP contribution < -0.4 is 10.9 Å². The molecule has 2 aliphatic carbocycles. The molecule has 2 saturated carbocycles. The quantitative estimate of drug-likeness (QED) is 0.755. The van der Waals surface area contributed by atoms with Gasteiger partial charge in [0.05, 0.1) is 17.3 Å². The maximum Gasteiger partial charge on any atom is 0.267 e. The highest BCUT2D eigenvalue weighted by atomic mass is 16.1. The minimum absolute atomic E-state index is 0.0379. The Hall–Kier alpha value is -2.69. The Labute approximate surface area is 158 Å². The third-order valence-electron chi connectivity index (χ3n) is 5.89. The molecule has 1 N–H and O–H groups in total. The van der Waals surface area contributed by atoms with Crippen molar-refractivity contribution in [2.24, 2.45) is 0 Å². The first-order valence-corrected chi connectivity index (χ1v) is 9.98. The molecule has 3 aromatic rings. The van der Waals surface area contributed by atoms with Crippen molar-refractivity contribution >= 4 is 16.6 Å². The number of nitrogens with one attached hydrogen (secondary N) is 1. The molecule has 5 heteroatoms. The standard InChI is InChI=1S/C22H24N4O/c27-22-12-11-19(15-5-6-15)25-26(22)17-9-7-16(8-10-17)24-21-13-14-23-20-4-2-1-3-18(20)21/h1-4,11-17H,5-10H2,(H,23,24). The van der Waals surface area contributed by atoms with Crippen LogP contribution >= 0.6 is 0 Å². The summed E-state index contributed by atoms with van der Waals surface area (Å²) < 4.78 is 1.76. The summed E-state index contributed by atoms with van der Waals surface area (Å²) >= 11 is 0. The van der Waals surface area contributed by atoms with Crippen molar-refractivity contribution in [3.05, 3.63) is 64.7 Å². The molecule has 0 aliphatic heterocycles. The van der Waals surface area contributed by atoms with Crippen molar-refractivity contribution < 1.29 is 0 Å². The molecule has 5 nitrogen and oxygen atoms in total. The van der Waals surface area contributed by atoms with Gasteiger partial charge in [-0.1, -0.05) is 18.2 Å². The number of fused-ring (bicyclic) bond motifs is 1. The van der Waals surface area contributed by atoms with E-state index in [9.17, 15) is 4.79 Å². The van der Waals surface area contributed by atoms with E-state index in [2.05, 4.69) is 33.6 Å². The van der Waals surface area contributed by atoms with Gasteiger partial charge in [-0.15, -0.1) is 0 Å². The van der Waals surface area contributed by atoms with Gasteiger partial charge in [-0.05, 0) is 56.7 Å². The molecule has 5 rings (SSSR count). The van der Waals surface area contributed by atoms with Gasteiger partial charge in [0.15, 0.2) is 0 Å². The minimum Gasteiger partial charge on any atom is -0.382 e. The number of anilines is 1. The molecule has 2 fully saturated rings. The molecule has 0 bridgehead atoms. The molecule has 2 aromatic heterocycles. The van der Waals surface area contributed by atoms with E-state index in [0.29, 0.717) is 12.0 Å². The summed E-state index contributed by atoms with van der Waals surface area (Å²) in [6.07, 6.45) is 8.35. The molecule has 0 atom stereocenters. The highest BCUT2D eigenvalue weighted by Gasteiger charge is 2.28. The molecule has 1 aromatic carbocycles. The molecule has 0 spiro atoms. The monoisotopic (exact) mass is 360 g/mol. The smallest absolute Gasteiger partial charge is 0.267 e. The summed E-state index contributed by atoms with van der Waals surface area (Å²) in [4.78, 5) is 16.7. The highest BCUT2D eigenvalue weighted by molar-refractivity contribution is 5.90. The SMILES string of the molecule is O=c1ccc(C2CC2)nn1C1CCC(Nc2ccnc3ccccc23)CC1. The third kappa shape index (κ3) is 3.34. The summed E-state index contributed by atoms with van der Waals surface area (Å²) in [6, 6.07) is 14.6. The zero-order chi connectivity index (χ0) is 18.2. The van der Waals surface area contributed by atoms with Crippen LogP contribution in [0.2, 0.25) is 0 Å². The van der Waals surface area contributed by atoms with Crippen molar-refractivity contribution in [2.45, 2.75) is 56.5 Å². The number of pyridine rings is 1. The van der Waals surface area contributed by atoms with Gasteiger partial charge in [-0.3, -0.25) is 9.78 Å². The van der Waals surface area contributed by atoms with Gasteiger partial charge in [-0.2, -0.15) is 5.10 Å². The number of aromatic nitrogens is 3. The van der Waals surface area contributed by atoms with Crippen molar-refractivity contribution in [3.8, 4) is 0 Å². The lowest BCUT2D eigenvalue weighted by molar-refractivity contribution is 0.302. The van der Waals surface area contributed by atoms with E-state index < -0.39 is 0 Å². The van der Waals surface area contributed by atoms with Crippen LogP contribution in [0.5, 0.6) is 0 Å². The zero-order valence-corrected chi connectivity index (χ0v) is 15.3. The van der Waals surface area contributed by atoms with Crippen LogP contribution in [0.3, 0.4) is 0 Å². The van der Waals surface area contributed by atoms with E-state index >= 15 is 0 Å². The molecular weight excluding hydrogens is 336 g/mol. The average Bonchev–Trinajstić information content (AvgIpc) is 3.55. The summed E-state index contributed by atoms with van der Waals surface area (Å²) in [6.45, 7) is 0.